The van der Waals surface area contributed by atoms with E-state index in [-0.39, 0.29) is 0 Å². The number of hydrogen-bond donors (Lipinski definition) is 1. The van der Waals surface area contributed by atoms with Crippen molar-refractivity contribution < 1.29 is 0 Å². The van der Waals surface area contributed by atoms with Crippen LogP contribution in [0.1, 0.15) is 32.6 Å². The third kappa shape index (κ3) is 4.57. The molecule has 2 fully saturated rings. The van der Waals surface area contributed by atoms with Crippen LogP contribution in [-0.2, 0) is 0 Å². The van der Waals surface area contributed by atoms with E-state index in [0.29, 0.717) is 0 Å². The highest BCUT2D eigenvalue weighted by atomic mass is 15.2. The van der Waals surface area contributed by atoms with Crippen molar-refractivity contribution in [2.24, 2.45) is 5.92 Å². The molecule has 2 aliphatic heterocycles. The van der Waals surface area contributed by atoms with Gasteiger partial charge in [-0.3, -0.25) is 4.90 Å². The summed E-state index contributed by atoms with van der Waals surface area (Å²) in [7, 11) is 0. The number of rotatable bonds is 5. The van der Waals surface area contributed by atoms with Gasteiger partial charge in [0.25, 0.3) is 0 Å². The van der Waals surface area contributed by atoms with Gasteiger partial charge in [0.2, 0.25) is 0 Å². The largest absolute Gasteiger partial charge is 0.314 e. The second kappa shape index (κ2) is 7.34. The molecule has 0 amide bonds. The normalized spacial score (nSPS) is 25.2. The maximum atomic E-state index is 3.42. The van der Waals surface area contributed by atoms with E-state index in [1.165, 1.54) is 78.0 Å². The number of nitrogens with zero attached hydrogens (tertiary/aromatic N) is 2. The van der Waals surface area contributed by atoms with Crippen molar-refractivity contribution in [3.8, 4) is 0 Å². The van der Waals surface area contributed by atoms with E-state index in [0.717, 1.165) is 5.92 Å². The first-order valence-electron chi connectivity index (χ1n) is 7.54. The van der Waals surface area contributed by atoms with Crippen LogP contribution in [0.15, 0.2) is 0 Å². The Morgan fingerprint density at radius 1 is 0.941 bits per heavy atom. The van der Waals surface area contributed by atoms with E-state index in [2.05, 4.69) is 22.0 Å². The second-order valence-electron chi connectivity index (χ2n) is 5.67. The minimum atomic E-state index is 1.02. The van der Waals surface area contributed by atoms with E-state index in [1.54, 1.807) is 0 Å². The van der Waals surface area contributed by atoms with Crippen LogP contribution in [0.25, 0.3) is 0 Å². The summed E-state index contributed by atoms with van der Waals surface area (Å²) in [6.07, 6.45) is 5.70. The van der Waals surface area contributed by atoms with Crippen LogP contribution in [0, 0.1) is 5.92 Å². The Labute approximate surface area is 107 Å². The summed E-state index contributed by atoms with van der Waals surface area (Å²) in [6.45, 7) is 12.4. The lowest BCUT2D eigenvalue weighted by Gasteiger charge is -2.34. The summed E-state index contributed by atoms with van der Waals surface area (Å²) >= 11 is 0. The monoisotopic (exact) mass is 239 g/mol. The predicted octanol–water partition coefficient (Wildman–Crippen LogP) is 1.40. The summed E-state index contributed by atoms with van der Waals surface area (Å²) in [5.74, 6) is 1.02. The van der Waals surface area contributed by atoms with Gasteiger partial charge in [0, 0.05) is 39.3 Å². The van der Waals surface area contributed by atoms with Gasteiger partial charge in [-0.25, -0.2) is 0 Å². The molecule has 2 heterocycles. The molecule has 3 nitrogen and oxygen atoms in total. The first-order chi connectivity index (χ1) is 8.38. The van der Waals surface area contributed by atoms with Crippen molar-refractivity contribution >= 4 is 0 Å². The highest BCUT2D eigenvalue weighted by Crippen LogP contribution is 2.21. The van der Waals surface area contributed by atoms with Crippen molar-refractivity contribution in [1.29, 1.82) is 0 Å². The number of likely N-dealkylation sites (tertiary alicyclic amines) is 1. The van der Waals surface area contributed by atoms with E-state index < -0.39 is 0 Å². The van der Waals surface area contributed by atoms with Crippen LogP contribution in [0.4, 0.5) is 0 Å². The number of hydrogen-bond acceptors (Lipinski definition) is 3. The van der Waals surface area contributed by atoms with Crippen LogP contribution in [0.2, 0.25) is 0 Å². The first kappa shape index (κ1) is 13.3. The van der Waals surface area contributed by atoms with E-state index in [1.807, 2.05) is 0 Å². The van der Waals surface area contributed by atoms with Crippen molar-refractivity contribution in [2.45, 2.75) is 32.6 Å². The Balaban J connectivity index is 1.57. The molecule has 0 aromatic carbocycles. The Morgan fingerprint density at radius 3 is 2.12 bits per heavy atom. The Morgan fingerprint density at radius 2 is 1.53 bits per heavy atom. The molecule has 0 atom stereocenters. The lowest BCUT2D eigenvalue weighted by atomic mass is 9.92. The fourth-order valence-electron chi connectivity index (χ4n) is 3.12. The zero-order valence-electron chi connectivity index (χ0n) is 11.5. The minimum absolute atomic E-state index is 1.02. The van der Waals surface area contributed by atoms with Crippen LogP contribution < -0.4 is 5.32 Å². The molecule has 2 saturated heterocycles. The van der Waals surface area contributed by atoms with Gasteiger partial charge in [-0.2, -0.15) is 0 Å². The van der Waals surface area contributed by atoms with Crippen LogP contribution in [0.5, 0.6) is 0 Å². The molecule has 1 N–H and O–H groups in total. The molecule has 100 valence electrons. The number of nitrogens with one attached hydrogen (secondary N) is 1. The fraction of sp³-hybridized carbons (Fsp3) is 1.00. The van der Waals surface area contributed by atoms with Crippen molar-refractivity contribution in [1.82, 2.24) is 15.1 Å². The number of piperidine rings is 1. The van der Waals surface area contributed by atoms with Crippen molar-refractivity contribution in [3.05, 3.63) is 0 Å². The predicted molar refractivity (Wildman–Crippen MR) is 73.4 cm³/mol. The second-order valence-corrected chi connectivity index (χ2v) is 5.67. The zero-order chi connectivity index (χ0) is 11.9. The standard InChI is InChI=1S/C14H29N3/c1-2-3-14-4-8-16(9-5-14)12-13-17-10-6-15-7-11-17/h14-15H,2-13H2,1H3. The average molecular weight is 239 g/mol. The van der Waals surface area contributed by atoms with Crippen LogP contribution >= 0.6 is 0 Å². The highest BCUT2D eigenvalue weighted by Gasteiger charge is 2.19. The van der Waals surface area contributed by atoms with Gasteiger partial charge < -0.3 is 10.2 Å². The minimum Gasteiger partial charge on any atom is -0.314 e. The topological polar surface area (TPSA) is 18.5 Å². The molecule has 17 heavy (non-hydrogen) atoms. The molecule has 3 heteroatoms. The van der Waals surface area contributed by atoms with Crippen LogP contribution in [-0.4, -0.2) is 62.2 Å². The Bertz CT molecular complexity index is 194. The lowest BCUT2D eigenvalue weighted by molar-refractivity contribution is 0.146. The molecule has 0 spiro atoms. The third-order valence-corrected chi connectivity index (χ3v) is 4.35. The SMILES string of the molecule is CCCC1CCN(CCN2CCNCC2)CC1. The summed E-state index contributed by atoms with van der Waals surface area (Å²) in [5.41, 5.74) is 0. The molecule has 0 aromatic rings. The molecular weight excluding hydrogens is 210 g/mol. The van der Waals surface area contributed by atoms with Gasteiger partial charge in [-0.15, -0.1) is 0 Å². The molecule has 0 bridgehead atoms. The highest BCUT2D eigenvalue weighted by molar-refractivity contribution is 4.74. The van der Waals surface area contributed by atoms with Gasteiger partial charge in [-0.1, -0.05) is 19.8 Å². The molecule has 2 aliphatic rings. The molecule has 0 aliphatic carbocycles. The van der Waals surface area contributed by atoms with Crippen molar-refractivity contribution in [3.63, 3.8) is 0 Å². The van der Waals surface area contributed by atoms with E-state index in [4.69, 9.17) is 0 Å². The smallest absolute Gasteiger partial charge is 0.0110 e. The lowest BCUT2D eigenvalue weighted by Crippen LogP contribution is -2.47. The van der Waals surface area contributed by atoms with Gasteiger partial charge in [0.15, 0.2) is 0 Å². The molecule has 0 saturated carbocycles. The summed E-state index contributed by atoms with van der Waals surface area (Å²) in [5, 5.41) is 3.42. The van der Waals surface area contributed by atoms with Gasteiger partial charge in [-0.05, 0) is 31.8 Å². The van der Waals surface area contributed by atoms with Gasteiger partial charge in [0.1, 0.15) is 0 Å². The summed E-state index contributed by atoms with van der Waals surface area (Å²) in [4.78, 5) is 5.28. The van der Waals surface area contributed by atoms with Crippen molar-refractivity contribution in [2.75, 3.05) is 52.4 Å². The summed E-state index contributed by atoms with van der Waals surface area (Å²) in [6, 6.07) is 0. The quantitative estimate of drug-likeness (QED) is 0.782. The maximum absolute atomic E-state index is 3.42. The van der Waals surface area contributed by atoms with Crippen LogP contribution in [0.3, 0.4) is 0 Å². The van der Waals surface area contributed by atoms with Gasteiger partial charge in [0.05, 0.1) is 0 Å². The molecule has 0 unspecified atom stereocenters. The Kier molecular flexibility index (Phi) is 5.75. The molecule has 2 rings (SSSR count). The molecule has 0 aromatic heterocycles. The Hall–Kier alpha value is -0.120. The third-order valence-electron chi connectivity index (χ3n) is 4.35. The number of piperazine rings is 1. The van der Waals surface area contributed by atoms with E-state index >= 15 is 0 Å². The van der Waals surface area contributed by atoms with E-state index in [9.17, 15) is 0 Å². The zero-order valence-corrected chi connectivity index (χ0v) is 11.5. The fourth-order valence-corrected chi connectivity index (χ4v) is 3.12. The average Bonchev–Trinajstić information content (AvgIpc) is 2.40. The molecular formula is C14H29N3. The van der Waals surface area contributed by atoms with Gasteiger partial charge >= 0.3 is 0 Å². The maximum Gasteiger partial charge on any atom is 0.0110 e. The first-order valence-corrected chi connectivity index (χ1v) is 7.54. The molecule has 0 radical (unpaired) electrons. The summed E-state index contributed by atoms with van der Waals surface area (Å²) < 4.78 is 0.